The second-order valence-corrected chi connectivity index (χ2v) is 4.47. The summed E-state index contributed by atoms with van der Waals surface area (Å²) in [4.78, 5) is 11.9. The van der Waals surface area contributed by atoms with Crippen molar-refractivity contribution >= 4 is 11.6 Å². The topological polar surface area (TPSA) is 38.3 Å². The first kappa shape index (κ1) is 8.77. The smallest absolute Gasteiger partial charge is 0.234 e. The maximum absolute atomic E-state index is 11.9. The maximum atomic E-state index is 11.9. The van der Waals surface area contributed by atoms with Crippen molar-refractivity contribution in [2.24, 2.45) is 5.41 Å². The highest BCUT2D eigenvalue weighted by Gasteiger charge is 2.52. The van der Waals surface area contributed by atoms with Gasteiger partial charge in [0.05, 0.1) is 11.1 Å². The molecule has 15 heavy (non-hydrogen) atoms. The summed E-state index contributed by atoms with van der Waals surface area (Å²) >= 11 is 0. The fourth-order valence-corrected chi connectivity index (χ4v) is 2.00. The molecule has 1 spiro atoms. The lowest BCUT2D eigenvalue weighted by Crippen LogP contribution is -2.26. The molecule has 1 aliphatic heterocycles. The summed E-state index contributed by atoms with van der Waals surface area (Å²) < 4.78 is 5.74. The normalized spacial score (nSPS) is 21.3. The van der Waals surface area contributed by atoms with E-state index in [2.05, 4.69) is 5.32 Å². The molecule has 1 amide bonds. The number of hydrogen-bond acceptors (Lipinski definition) is 2. The molecule has 1 aliphatic carbocycles. The van der Waals surface area contributed by atoms with E-state index < -0.39 is 0 Å². The Kier molecular flexibility index (Phi) is 1.61. The standard InChI is InChI=1S/C12H13NO2/c1-8-3-2-4-9-10(8)15-7-12(5-6-12)11(14)13-9/h2-4H,5-7H2,1H3,(H,13,14). The van der Waals surface area contributed by atoms with Crippen LogP contribution in [0.2, 0.25) is 0 Å². The van der Waals surface area contributed by atoms with Gasteiger partial charge in [-0.3, -0.25) is 4.79 Å². The molecule has 1 heterocycles. The molecule has 1 saturated carbocycles. The molecular formula is C12H13NO2. The highest BCUT2D eigenvalue weighted by molar-refractivity contribution is 5.99. The van der Waals surface area contributed by atoms with Crippen LogP contribution in [0.5, 0.6) is 5.75 Å². The number of hydrogen-bond donors (Lipinski definition) is 1. The van der Waals surface area contributed by atoms with Crippen molar-refractivity contribution in [3.05, 3.63) is 23.8 Å². The zero-order valence-corrected chi connectivity index (χ0v) is 8.67. The van der Waals surface area contributed by atoms with E-state index in [1.54, 1.807) is 0 Å². The fourth-order valence-electron chi connectivity index (χ4n) is 2.00. The van der Waals surface area contributed by atoms with Crippen LogP contribution < -0.4 is 10.1 Å². The molecule has 2 aliphatic rings. The minimum Gasteiger partial charge on any atom is -0.490 e. The highest BCUT2D eigenvalue weighted by Crippen LogP contribution is 2.49. The van der Waals surface area contributed by atoms with E-state index in [4.69, 9.17) is 4.74 Å². The molecule has 3 nitrogen and oxygen atoms in total. The Morgan fingerprint density at radius 2 is 2.20 bits per heavy atom. The number of benzene rings is 1. The van der Waals surface area contributed by atoms with Gasteiger partial charge in [-0.25, -0.2) is 0 Å². The third-order valence-corrected chi connectivity index (χ3v) is 3.29. The molecule has 78 valence electrons. The van der Waals surface area contributed by atoms with Crippen LogP contribution in [-0.2, 0) is 4.79 Å². The second-order valence-electron chi connectivity index (χ2n) is 4.47. The summed E-state index contributed by atoms with van der Waals surface area (Å²) in [6.45, 7) is 2.52. The molecular weight excluding hydrogens is 190 g/mol. The first-order valence-corrected chi connectivity index (χ1v) is 5.25. The van der Waals surface area contributed by atoms with Crippen LogP contribution in [0.1, 0.15) is 18.4 Å². The summed E-state index contributed by atoms with van der Waals surface area (Å²) in [5.74, 6) is 0.946. The molecule has 0 saturated heterocycles. The molecule has 1 aromatic rings. The van der Waals surface area contributed by atoms with Crippen molar-refractivity contribution in [3.63, 3.8) is 0 Å². The number of ether oxygens (including phenoxy) is 1. The number of rotatable bonds is 0. The van der Waals surface area contributed by atoms with Crippen LogP contribution in [0.25, 0.3) is 0 Å². The van der Waals surface area contributed by atoms with Crippen LogP contribution >= 0.6 is 0 Å². The average molecular weight is 203 g/mol. The number of carbonyl (C=O) groups excluding carboxylic acids is 1. The quantitative estimate of drug-likeness (QED) is 0.701. The zero-order chi connectivity index (χ0) is 10.5. The van der Waals surface area contributed by atoms with Crippen LogP contribution in [0.4, 0.5) is 5.69 Å². The summed E-state index contributed by atoms with van der Waals surface area (Å²) in [7, 11) is 0. The van der Waals surface area contributed by atoms with Gasteiger partial charge in [-0.1, -0.05) is 12.1 Å². The minimum absolute atomic E-state index is 0.117. The Balaban J connectivity index is 2.04. The van der Waals surface area contributed by atoms with Crippen molar-refractivity contribution in [2.45, 2.75) is 19.8 Å². The number of aryl methyl sites for hydroxylation is 1. The highest BCUT2D eigenvalue weighted by atomic mass is 16.5. The summed E-state index contributed by atoms with van der Waals surface area (Å²) in [6, 6.07) is 5.82. The van der Waals surface area contributed by atoms with E-state index in [9.17, 15) is 4.79 Å². The lowest BCUT2D eigenvalue weighted by atomic mass is 10.1. The molecule has 3 heteroatoms. The van der Waals surface area contributed by atoms with Gasteiger partial charge in [-0.2, -0.15) is 0 Å². The van der Waals surface area contributed by atoms with Gasteiger partial charge in [0, 0.05) is 0 Å². The Labute approximate surface area is 88.4 Å². The molecule has 0 unspecified atom stereocenters. The Morgan fingerprint density at radius 3 is 2.93 bits per heavy atom. The number of amides is 1. The third-order valence-electron chi connectivity index (χ3n) is 3.29. The number of anilines is 1. The largest absolute Gasteiger partial charge is 0.490 e. The lowest BCUT2D eigenvalue weighted by molar-refractivity contribution is -0.121. The minimum atomic E-state index is -0.231. The fraction of sp³-hybridized carbons (Fsp3) is 0.417. The van der Waals surface area contributed by atoms with E-state index in [1.165, 1.54) is 0 Å². The predicted molar refractivity (Wildman–Crippen MR) is 57.0 cm³/mol. The molecule has 0 atom stereocenters. The monoisotopic (exact) mass is 203 g/mol. The van der Waals surface area contributed by atoms with E-state index in [1.807, 2.05) is 25.1 Å². The maximum Gasteiger partial charge on any atom is 0.234 e. The van der Waals surface area contributed by atoms with Crippen LogP contribution in [-0.4, -0.2) is 12.5 Å². The summed E-state index contributed by atoms with van der Waals surface area (Å²) in [6.07, 6.45) is 1.90. The number of para-hydroxylation sites is 1. The van der Waals surface area contributed by atoms with Gasteiger partial charge in [-0.05, 0) is 31.4 Å². The summed E-state index contributed by atoms with van der Waals surface area (Å²) in [5, 5.41) is 2.95. The van der Waals surface area contributed by atoms with E-state index in [-0.39, 0.29) is 11.3 Å². The molecule has 1 fully saturated rings. The molecule has 3 rings (SSSR count). The van der Waals surface area contributed by atoms with E-state index in [0.717, 1.165) is 29.8 Å². The zero-order valence-electron chi connectivity index (χ0n) is 8.67. The van der Waals surface area contributed by atoms with Gasteiger partial charge in [0.1, 0.15) is 12.4 Å². The van der Waals surface area contributed by atoms with Crippen molar-refractivity contribution in [3.8, 4) is 5.75 Å². The number of carbonyl (C=O) groups is 1. The van der Waals surface area contributed by atoms with E-state index in [0.29, 0.717) is 6.61 Å². The molecule has 1 N–H and O–H groups in total. The first-order valence-electron chi connectivity index (χ1n) is 5.25. The Hall–Kier alpha value is -1.51. The van der Waals surface area contributed by atoms with Crippen molar-refractivity contribution in [2.75, 3.05) is 11.9 Å². The van der Waals surface area contributed by atoms with Gasteiger partial charge < -0.3 is 10.1 Å². The molecule has 0 aromatic heterocycles. The molecule has 1 aromatic carbocycles. The molecule has 0 radical (unpaired) electrons. The van der Waals surface area contributed by atoms with Crippen molar-refractivity contribution in [1.82, 2.24) is 0 Å². The van der Waals surface area contributed by atoms with E-state index >= 15 is 0 Å². The Bertz CT molecular complexity index is 435. The number of nitrogens with one attached hydrogen (secondary N) is 1. The SMILES string of the molecule is Cc1cccc2c1OCC1(CC1)C(=O)N2. The lowest BCUT2D eigenvalue weighted by Gasteiger charge is -2.09. The predicted octanol–water partition coefficient (Wildman–Crippen LogP) is 2.11. The van der Waals surface area contributed by atoms with Gasteiger partial charge in [0.25, 0.3) is 0 Å². The van der Waals surface area contributed by atoms with Gasteiger partial charge in [0.2, 0.25) is 5.91 Å². The van der Waals surface area contributed by atoms with Gasteiger partial charge >= 0.3 is 0 Å². The molecule has 0 bridgehead atoms. The third kappa shape index (κ3) is 1.23. The number of fused-ring (bicyclic) bond motifs is 1. The van der Waals surface area contributed by atoms with Gasteiger partial charge in [-0.15, -0.1) is 0 Å². The van der Waals surface area contributed by atoms with Crippen molar-refractivity contribution < 1.29 is 9.53 Å². The second kappa shape index (κ2) is 2.75. The van der Waals surface area contributed by atoms with Crippen molar-refractivity contribution in [1.29, 1.82) is 0 Å². The first-order chi connectivity index (χ1) is 7.21. The van der Waals surface area contributed by atoms with Crippen LogP contribution in [0, 0.1) is 12.3 Å². The van der Waals surface area contributed by atoms with Gasteiger partial charge in [0.15, 0.2) is 0 Å². The van der Waals surface area contributed by atoms with Crippen LogP contribution in [0.15, 0.2) is 18.2 Å². The average Bonchev–Trinajstić information content (AvgIpc) is 2.98. The summed E-state index contributed by atoms with van der Waals surface area (Å²) in [5.41, 5.74) is 1.65. The Morgan fingerprint density at radius 1 is 1.40 bits per heavy atom. The van der Waals surface area contributed by atoms with Crippen LogP contribution in [0.3, 0.4) is 0 Å².